The third-order valence-electron chi connectivity index (χ3n) is 2.90. The standard InChI is InChI=1S/C11H11ClO3/c12-8-3-7-5-14-6-15-10(7)9(4-8)11(13)1-2-11/h3-4,13H,1-2,5-6H2. The molecular formula is C11H11ClO3. The molecule has 1 N–H and O–H groups in total. The number of hydrogen-bond donors (Lipinski definition) is 1. The van der Waals surface area contributed by atoms with Gasteiger partial charge in [-0.05, 0) is 25.0 Å². The normalized spacial score (nSPS) is 21.7. The third-order valence-corrected chi connectivity index (χ3v) is 3.12. The van der Waals surface area contributed by atoms with Gasteiger partial charge in [-0.2, -0.15) is 0 Å². The Balaban J connectivity index is 2.15. The van der Waals surface area contributed by atoms with Gasteiger partial charge >= 0.3 is 0 Å². The van der Waals surface area contributed by atoms with E-state index >= 15 is 0 Å². The maximum Gasteiger partial charge on any atom is 0.189 e. The number of hydrogen-bond acceptors (Lipinski definition) is 3. The van der Waals surface area contributed by atoms with Gasteiger partial charge in [0.1, 0.15) is 5.75 Å². The summed E-state index contributed by atoms with van der Waals surface area (Å²) in [6.07, 6.45) is 1.56. The molecule has 1 fully saturated rings. The Hall–Kier alpha value is -0.770. The number of ether oxygens (including phenoxy) is 2. The minimum Gasteiger partial charge on any atom is -0.467 e. The molecule has 0 bridgehead atoms. The van der Waals surface area contributed by atoms with E-state index in [1.807, 2.05) is 6.07 Å². The minimum absolute atomic E-state index is 0.248. The summed E-state index contributed by atoms with van der Waals surface area (Å²) >= 11 is 5.99. The molecule has 0 atom stereocenters. The van der Waals surface area contributed by atoms with Crippen LogP contribution in [0.2, 0.25) is 5.02 Å². The number of benzene rings is 1. The molecule has 80 valence electrons. The Kier molecular flexibility index (Phi) is 1.96. The highest BCUT2D eigenvalue weighted by Crippen LogP contribution is 2.50. The summed E-state index contributed by atoms with van der Waals surface area (Å²) < 4.78 is 10.6. The predicted molar refractivity (Wildman–Crippen MR) is 54.9 cm³/mol. The van der Waals surface area contributed by atoms with Crippen molar-refractivity contribution in [1.29, 1.82) is 0 Å². The molecule has 3 rings (SSSR count). The smallest absolute Gasteiger partial charge is 0.189 e. The van der Waals surface area contributed by atoms with Crippen LogP contribution in [-0.4, -0.2) is 11.9 Å². The lowest BCUT2D eigenvalue weighted by atomic mass is 10.0. The van der Waals surface area contributed by atoms with E-state index in [4.69, 9.17) is 21.1 Å². The zero-order valence-corrected chi connectivity index (χ0v) is 8.88. The molecule has 2 aliphatic rings. The number of halogens is 1. The van der Waals surface area contributed by atoms with Crippen LogP contribution in [-0.2, 0) is 16.9 Å². The van der Waals surface area contributed by atoms with Gasteiger partial charge in [0.2, 0.25) is 0 Å². The molecule has 1 aromatic carbocycles. The van der Waals surface area contributed by atoms with Gasteiger partial charge in [0.15, 0.2) is 6.79 Å². The molecule has 1 saturated carbocycles. The second kappa shape index (κ2) is 3.11. The van der Waals surface area contributed by atoms with Crippen molar-refractivity contribution in [3.8, 4) is 5.75 Å². The van der Waals surface area contributed by atoms with E-state index in [0.717, 1.165) is 29.7 Å². The molecule has 0 unspecified atom stereocenters. The highest BCUT2D eigenvalue weighted by Gasteiger charge is 2.45. The average Bonchev–Trinajstić information content (AvgIpc) is 2.96. The lowest BCUT2D eigenvalue weighted by Crippen LogP contribution is -2.16. The van der Waals surface area contributed by atoms with E-state index in [2.05, 4.69) is 0 Å². The Morgan fingerprint density at radius 2 is 2.13 bits per heavy atom. The van der Waals surface area contributed by atoms with E-state index in [1.165, 1.54) is 0 Å². The SMILES string of the molecule is OC1(c2cc(Cl)cc3c2OCOC3)CC1. The van der Waals surface area contributed by atoms with Crippen LogP contribution in [0.25, 0.3) is 0 Å². The first kappa shape index (κ1) is 9.46. The van der Waals surface area contributed by atoms with Crippen molar-refractivity contribution < 1.29 is 14.6 Å². The van der Waals surface area contributed by atoms with Gasteiger partial charge in [-0.3, -0.25) is 0 Å². The van der Waals surface area contributed by atoms with E-state index < -0.39 is 5.60 Å². The van der Waals surface area contributed by atoms with Crippen molar-refractivity contribution >= 4 is 11.6 Å². The highest BCUT2D eigenvalue weighted by molar-refractivity contribution is 6.30. The fourth-order valence-electron chi connectivity index (χ4n) is 1.91. The average molecular weight is 227 g/mol. The van der Waals surface area contributed by atoms with Crippen molar-refractivity contribution in [2.75, 3.05) is 6.79 Å². The summed E-state index contributed by atoms with van der Waals surface area (Å²) in [5.41, 5.74) is 1.02. The van der Waals surface area contributed by atoms with Gasteiger partial charge in [-0.15, -0.1) is 0 Å². The van der Waals surface area contributed by atoms with E-state index in [0.29, 0.717) is 11.6 Å². The first-order valence-electron chi connectivity index (χ1n) is 4.95. The molecule has 1 aliphatic carbocycles. The molecule has 1 aliphatic heterocycles. The van der Waals surface area contributed by atoms with Crippen LogP contribution in [0.5, 0.6) is 5.75 Å². The van der Waals surface area contributed by atoms with Gasteiger partial charge in [-0.1, -0.05) is 11.6 Å². The van der Waals surface area contributed by atoms with Crippen LogP contribution in [0.4, 0.5) is 0 Å². The molecule has 15 heavy (non-hydrogen) atoms. The lowest BCUT2D eigenvalue weighted by Gasteiger charge is -2.23. The molecule has 0 saturated heterocycles. The van der Waals surface area contributed by atoms with E-state index in [9.17, 15) is 5.11 Å². The second-order valence-corrected chi connectivity index (χ2v) is 4.52. The number of aliphatic hydroxyl groups is 1. The second-order valence-electron chi connectivity index (χ2n) is 4.08. The molecule has 0 aromatic heterocycles. The third kappa shape index (κ3) is 1.51. The van der Waals surface area contributed by atoms with Crippen LogP contribution >= 0.6 is 11.6 Å². The topological polar surface area (TPSA) is 38.7 Å². The predicted octanol–water partition coefficient (Wildman–Crippen LogP) is 2.19. The van der Waals surface area contributed by atoms with Crippen molar-refractivity contribution in [3.05, 3.63) is 28.3 Å². The minimum atomic E-state index is -0.716. The number of rotatable bonds is 1. The molecule has 0 amide bonds. The maximum atomic E-state index is 10.1. The largest absolute Gasteiger partial charge is 0.467 e. The van der Waals surface area contributed by atoms with Crippen LogP contribution < -0.4 is 4.74 Å². The van der Waals surface area contributed by atoms with Crippen molar-refractivity contribution in [1.82, 2.24) is 0 Å². The van der Waals surface area contributed by atoms with Gasteiger partial charge in [0.05, 0.1) is 12.2 Å². The fraction of sp³-hybridized carbons (Fsp3) is 0.455. The lowest BCUT2D eigenvalue weighted by molar-refractivity contribution is -0.0191. The Bertz CT molecular complexity index is 413. The van der Waals surface area contributed by atoms with Crippen LogP contribution in [0.3, 0.4) is 0 Å². The maximum absolute atomic E-state index is 10.1. The van der Waals surface area contributed by atoms with Gasteiger partial charge in [0.25, 0.3) is 0 Å². The summed E-state index contributed by atoms with van der Waals surface area (Å²) in [7, 11) is 0. The van der Waals surface area contributed by atoms with Crippen LogP contribution in [0.1, 0.15) is 24.0 Å². The molecular weight excluding hydrogens is 216 g/mol. The van der Waals surface area contributed by atoms with E-state index in [-0.39, 0.29) is 6.79 Å². The fourth-order valence-corrected chi connectivity index (χ4v) is 2.15. The molecule has 0 radical (unpaired) electrons. The highest BCUT2D eigenvalue weighted by atomic mass is 35.5. The van der Waals surface area contributed by atoms with Crippen molar-refractivity contribution in [3.63, 3.8) is 0 Å². The van der Waals surface area contributed by atoms with Crippen LogP contribution in [0, 0.1) is 0 Å². The first-order chi connectivity index (χ1) is 7.19. The summed E-state index contributed by atoms with van der Waals surface area (Å²) in [5, 5.41) is 10.7. The molecule has 0 spiro atoms. The molecule has 3 nitrogen and oxygen atoms in total. The summed E-state index contributed by atoms with van der Waals surface area (Å²) in [6, 6.07) is 3.62. The van der Waals surface area contributed by atoms with Crippen molar-refractivity contribution in [2.45, 2.75) is 25.0 Å². The van der Waals surface area contributed by atoms with Crippen molar-refractivity contribution in [2.24, 2.45) is 0 Å². The summed E-state index contributed by atoms with van der Waals surface area (Å²) in [5.74, 6) is 0.755. The Labute approximate surface area is 92.6 Å². The van der Waals surface area contributed by atoms with Gasteiger partial charge in [-0.25, -0.2) is 0 Å². The van der Waals surface area contributed by atoms with Gasteiger partial charge < -0.3 is 14.6 Å². The molecule has 4 heteroatoms. The number of fused-ring (bicyclic) bond motifs is 1. The van der Waals surface area contributed by atoms with Gasteiger partial charge in [0, 0.05) is 16.1 Å². The zero-order valence-electron chi connectivity index (χ0n) is 8.12. The Morgan fingerprint density at radius 3 is 2.87 bits per heavy atom. The summed E-state index contributed by atoms with van der Waals surface area (Å²) in [6.45, 7) is 0.747. The zero-order chi connectivity index (χ0) is 10.5. The molecule has 1 heterocycles. The molecule has 1 aromatic rings. The first-order valence-corrected chi connectivity index (χ1v) is 5.33. The summed E-state index contributed by atoms with van der Waals surface area (Å²) in [4.78, 5) is 0. The van der Waals surface area contributed by atoms with Crippen LogP contribution in [0.15, 0.2) is 12.1 Å². The Morgan fingerprint density at radius 1 is 1.33 bits per heavy atom. The monoisotopic (exact) mass is 226 g/mol. The quantitative estimate of drug-likeness (QED) is 0.798. The van der Waals surface area contributed by atoms with E-state index in [1.54, 1.807) is 6.07 Å².